The minimum Gasteiger partial charge on any atom is -0.492 e. The summed E-state index contributed by atoms with van der Waals surface area (Å²) in [6, 6.07) is 9.84. The van der Waals surface area contributed by atoms with Gasteiger partial charge in [-0.3, -0.25) is 4.99 Å². The molecule has 1 N–H and O–H groups in total. The summed E-state index contributed by atoms with van der Waals surface area (Å²) in [5, 5.41) is 4.42. The molecule has 0 radical (unpaired) electrons. The van der Waals surface area contributed by atoms with E-state index in [9.17, 15) is 0 Å². The van der Waals surface area contributed by atoms with Gasteiger partial charge >= 0.3 is 0 Å². The summed E-state index contributed by atoms with van der Waals surface area (Å²) >= 11 is 1.74. The van der Waals surface area contributed by atoms with Crippen LogP contribution in [0, 0.1) is 0 Å². The predicted octanol–water partition coefficient (Wildman–Crippen LogP) is 3.41. The number of guanidine groups is 1. The van der Waals surface area contributed by atoms with Crippen LogP contribution in [0.1, 0.15) is 16.8 Å². The Morgan fingerprint density at radius 3 is 2.71 bits per heavy atom. The zero-order valence-corrected chi connectivity index (χ0v) is 17.5. The number of benzene rings is 1. The number of hydrogen-bond acceptors (Lipinski definition) is 4. The molecule has 0 spiro atoms. The molecule has 1 aromatic heterocycles. The molecule has 24 heavy (non-hydrogen) atoms. The van der Waals surface area contributed by atoms with E-state index in [1.807, 2.05) is 43.6 Å². The van der Waals surface area contributed by atoms with Crippen LogP contribution in [0.25, 0.3) is 0 Å². The molecular formula is C17H25IN4OS. The Kier molecular flexibility index (Phi) is 9.70. The van der Waals surface area contributed by atoms with E-state index >= 15 is 0 Å². The van der Waals surface area contributed by atoms with Gasteiger partial charge in [0.25, 0.3) is 0 Å². The van der Waals surface area contributed by atoms with Crippen LogP contribution in [0.5, 0.6) is 5.75 Å². The molecular weight excluding hydrogens is 435 g/mol. The van der Waals surface area contributed by atoms with Gasteiger partial charge in [0.1, 0.15) is 17.4 Å². The van der Waals surface area contributed by atoms with Crippen molar-refractivity contribution in [1.82, 2.24) is 15.2 Å². The van der Waals surface area contributed by atoms with Crippen LogP contribution in [0.3, 0.4) is 0 Å². The van der Waals surface area contributed by atoms with Crippen molar-refractivity contribution in [2.24, 2.45) is 4.99 Å². The average Bonchev–Trinajstić information content (AvgIpc) is 3.04. The van der Waals surface area contributed by atoms with E-state index in [1.165, 1.54) is 4.88 Å². The van der Waals surface area contributed by atoms with Gasteiger partial charge < -0.3 is 15.0 Å². The number of ether oxygens (including phenoxy) is 1. The number of hydrogen-bond donors (Lipinski definition) is 1. The summed E-state index contributed by atoms with van der Waals surface area (Å²) in [6.07, 6.45) is 2.98. The zero-order valence-electron chi connectivity index (χ0n) is 14.4. The maximum absolute atomic E-state index is 5.72. The number of halogens is 1. The van der Waals surface area contributed by atoms with Crippen molar-refractivity contribution in [3.8, 4) is 5.75 Å². The van der Waals surface area contributed by atoms with Gasteiger partial charge in [-0.05, 0) is 18.6 Å². The van der Waals surface area contributed by atoms with E-state index in [1.54, 1.807) is 18.4 Å². The van der Waals surface area contributed by atoms with Gasteiger partial charge in [-0.2, -0.15) is 0 Å². The highest BCUT2D eigenvalue weighted by atomic mass is 127. The number of aliphatic imine (C=N–C) groups is 1. The third-order valence-electron chi connectivity index (χ3n) is 3.36. The van der Waals surface area contributed by atoms with Gasteiger partial charge in [-0.1, -0.05) is 25.1 Å². The molecule has 132 valence electrons. The van der Waals surface area contributed by atoms with Gasteiger partial charge in [-0.25, -0.2) is 4.98 Å². The Morgan fingerprint density at radius 2 is 2.08 bits per heavy atom. The smallest absolute Gasteiger partial charge is 0.193 e. The lowest BCUT2D eigenvalue weighted by molar-refractivity contribution is 0.281. The number of aromatic nitrogens is 1. The Hall–Kier alpha value is -1.35. The van der Waals surface area contributed by atoms with Crippen molar-refractivity contribution in [2.45, 2.75) is 19.9 Å². The molecule has 5 nitrogen and oxygen atoms in total. The molecule has 0 saturated heterocycles. The maximum Gasteiger partial charge on any atom is 0.193 e. The van der Waals surface area contributed by atoms with E-state index < -0.39 is 0 Å². The molecule has 2 rings (SSSR count). The first-order chi connectivity index (χ1) is 11.2. The summed E-state index contributed by atoms with van der Waals surface area (Å²) in [5.41, 5.74) is 0. The minimum absolute atomic E-state index is 0. The lowest BCUT2D eigenvalue weighted by Gasteiger charge is -2.21. The first-order valence-electron chi connectivity index (χ1n) is 7.76. The number of likely N-dealkylation sites (N-methyl/N-ethyl adjacent to an activating group) is 1. The first-order valence-corrected chi connectivity index (χ1v) is 8.57. The van der Waals surface area contributed by atoms with E-state index in [-0.39, 0.29) is 24.0 Å². The van der Waals surface area contributed by atoms with Crippen LogP contribution in [0.2, 0.25) is 0 Å². The minimum atomic E-state index is 0. The van der Waals surface area contributed by atoms with Crippen molar-refractivity contribution in [1.29, 1.82) is 0 Å². The topological polar surface area (TPSA) is 49.8 Å². The van der Waals surface area contributed by atoms with Crippen LogP contribution < -0.4 is 10.1 Å². The summed E-state index contributed by atoms with van der Waals surface area (Å²) in [4.78, 5) is 12.1. The maximum atomic E-state index is 5.72. The number of para-hydroxylation sites is 1. The SMILES string of the molecule is CCc1cnc(CNC(=NC)N(C)CCOc2ccccc2)s1.I. The number of thiazole rings is 1. The second kappa shape index (κ2) is 11.2. The van der Waals surface area contributed by atoms with Crippen molar-refractivity contribution in [2.75, 3.05) is 27.2 Å². The molecule has 0 fully saturated rings. The summed E-state index contributed by atoms with van der Waals surface area (Å²) < 4.78 is 5.72. The molecule has 2 aromatic rings. The molecule has 0 unspecified atom stereocenters. The molecule has 0 aliphatic carbocycles. The monoisotopic (exact) mass is 460 g/mol. The van der Waals surface area contributed by atoms with Crippen LogP contribution in [0.4, 0.5) is 0 Å². The number of nitrogens with zero attached hydrogens (tertiary/aromatic N) is 3. The average molecular weight is 460 g/mol. The Labute approximate surface area is 165 Å². The lowest BCUT2D eigenvalue weighted by atomic mass is 10.3. The molecule has 0 amide bonds. The second-order valence-electron chi connectivity index (χ2n) is 5.06. The van der Waals surface area contributed by atoms with Crippen molar-refractivity contribution < 1.29 is 4.74 Å². The van der Waals surface area contributed by atoms with Gasteiger partial charge in [0, 0.05) is 25.2 Å². The summed E-state index contributed by atoms with van der Waals surface area (Å²) in [7, 11) is 3.79. The highest BCUT2D eigenvalue weighted by molar-refractivity contribution is 14.0. The van der Waals surface area contributed by atoms with Crippen LogP contribution in [-0.4, -0.2) is 43.1 Å². The molecule has 0 aliphatic heterocycles. The van der Waals surface area contributed by atoms with E-state index in [0.29, 0.717) is 13.2 Å². The first kappa shape index (κ1) is 20.7. The van der Waals surface area contributed by atoms with Gasteiger partial charge in [0.05, 0.1) is 13.1 Å². The summed E-state index contributed by atoms with van der Waals surface area (Å²) in [6.45, 7) is 4.20. The fourth-order valence-corrected chi connectivity index (χ4v) is 2.86. The lowest BCUT2D eigenvalue weighted by Crippen LogP contribution is -2.40. The second-order valence-corrected chi connectivity index (χ2v) is 6.26. The largest absolute Gasteiger partial charge is 0.492 e. The predicted molar refractivity (Wildman–Crippen MR) is 112 cm³/mol. The Balaban J connectivity index is 0.00000288. The van der Waals surface area contributed by atoms with Crippen LogP contribution >= 0.6 is 35.3 Å². The normalized spacial score (nSPS) is 10.9. The molecule has 0 bridgehead atoms. The third kappa shape index (κ3) is 6.64. The van der Waals surface area contributed by atoms with Gasteiger partial charge in [-0.15, -0.1) is 35.3 Å². The third-order valence-corrected chi connectivity index (χ3v) is 4.50. The fourth-order valence-electron chi connectivity index (χ4n) is 2.06. The quantitative estimate of drug-likeness (QED) is 0.391. The number of aryl methyl sites for hydroxylation is 1. The molecule has 1 heterocycles. The molecule has 7 heteroatoms. The zero-order chi connectivity index (χ0) is 16.5. The van der Waals surface area contributed by atoms with Gasteiger partial charge in [0.2, 0.25) is 0 Å². The van der Waals surface area contributed by atoms with Gasteiger partial charge in [0.15, 0.2) is 5.96 Å². The highest BCUT2D eigenvalue weighted by Crippen LogP contribution is 2.13. The van der Waals surface area contributed by atoms with E-state index in [4.69, 9.17) is 4.74 Å². The molecule has 0 aliphatic rings. The van der Waals surface area contributed by atoms with Crippen LogP contribution in [0.15, 0.2) is 41.5 Å². The molecule has 1 aromatic carbocycles. The van der Waals surface area contributed by atoms with E-state index in [2.05, 4.69) is 27.1 Å². The Morgan fingerprint density at radius 1 is 1.33 bits per heavy atom. The Bertz CT molecular complexity index is 618. The van der Waals surface area contributed by atoms with E-state index in [0.717, 1.165) is 29.7 Å². The van der Waals surface area contributed by atoms with Crippen molar-refractivity contribution >= 4 is 41.3 Å². The number of rotatable bonds is 7. The number of nitrogens with one attached hydrogen (secondary N) is 1. The van der Waals surface area contributed by atoms with Crippen molar-refractivity contribution in [3.63, 3.8) is 0 Å². The summed E-state index contributed by atoms with van der Waals surface area (Å²) in [5.74, 6) is 1.73. The van der Waals surface area contributed by atoms with Crippen LogP contribution in [-0.2, 0) is 13.0 Å². The molecule has 0 atom stereocenters. The van der Waals surface area contributed by atoms with Crippen molar-refractivity contribution in [3.05, 3.63) is 46.4 Å². The highest BCUT2D eigenvalue weighted by Gasteiger charge is 2.07. The fraction of sp³-hybridized carbons (Fsp3) is 0.412. The standard InChI is InChI=1S/C17H24N4OS.HI/c1-4-15-12-19-16(23-15)13-20-17(18-2)21(3)10-11-22-14-8-6-5-7-9-14;/h5-9,12H,4,10-11,13H2,1-3H3,(H,18,20);1H. The molecule has 0 saturated carbocycles.